The molecule has 6 heteroatoms. The Morgan fingerprint density at radius 3 is 2.57 bits per heavy atom. The first-order valence-electron chi connectivity index (χ1n) is 7.76. The lowest BCUT2D eigenvalue weighted by Crippen LogP contribution is -2.41. The van der Waals surface area contributed by atoms with Gasteiger partial charge in [-0.2, -0.15) is 0 Å². The molecule has 0 heterocycles. The van der Waals surface area contributed by atoms with E-state index >= 15 is 0 Å². The van der Waals surface area contributed by atoms with Crippen LogP contribution in [0.4, 0.5) is 0 Å². The van der Waals surface area contributed by atoms with Gasteiger partial charge in [0.15, 0.2) is 5.96 Å². The summed E-state index contributed by atoms with van der Waals surface area (Å²) in [4.78, 5) is 6.55. The second kappa shape index (κ2) is 11.5. The molecule has 0 aliphatic heterocycles. The van der Waals surface area contributed by atoms with Crippen molar-refractivity contribution in [1.82, 2.24) is 15.5 Å². The van der Waals surface area contributed by atoms with Crippen LogP contribution in [0.3, 0.4) is 0 Å². The molecule has 0 bridgehead atoms. The number of rotatable bonds is 7. The number of nitrogens with zero attached hydrogens (tertiary/aromatic N) is 2. The second-order valence-corrected chi connectivity index (χ2v) is 5.74. The van der Waals surface area contributed by atoms with Gasteiger partial charge in [0.05, 0.1) is 7.11 Å². The quantitative estimate of drug-likeness (QED) is 0.394. The van der Waals surface area contributed by atoms with Gasteiger partial charge < -0.3 is 20.3 Å². The minimum absolute atomic E-state index is 0. The molecule has 0 aromatic heterocycles. The SMILES string of the molecule is CN=C(NCCN(C)C(C)C)NCc1ccc(C)cc1OC.I. The minimum atomic E-state index is 0. The van der Waals surface area contributed by atoms with Crippen LogP contribution in [0.1, 0.15) is 25.0 Å². The number of ether oxygens (including phenoxy) is 1. The molecule has 0 atom stereocenters. The Bertz CT molecular complexity index is 491. The van der Waals surface area contributed by atoms with E-state index in [0.717, 1.165) is 30.4 Å². The highest BCUT2D eigenvalue weighted by molar-refractivity contribution is 14.0. The summed E-state index contributed by atoms with van der Waals surface area (Å²) < 4.78 is 5.42. The number of hydrogen-bond donors (Lipinski definition) is 2. The summed E-state index contributed by atoms with van der Waals surface area (Å²) in [6, 6.07) is 6.77. The van der Waals surface area contributed by atoms with Crippen LogP contribution in [0.5, 0.6) is 5.75 Å². The lowest BCUT2D eigenvalue weighted by molar-refractivity contribution is 0.278. The summed E-state index contributed by atoms with van der Waals surface area (Å²) >= 11 is 0. The highest BCUT2D eigenvalue weighted by Crippen LogP contribution is 2.19. The van der Waals surface area contributed by atoms with E-state index in [9.17, 15) is 0 Å². The molecule has 0 amide bonds. The summed E-state index contributed by atoms with van der Waals surface area (Å²) in [6.45, 7) is 8.97. The summed E-state index contributed by atoms with van der Waals surface area (Å²) in [5, 5.41) is 6.65. The van der Waals surface area contributed by atoms with Gasteiger partial charge in [-0.3, -0.25) is 4.99 Å². The Morgan fingerprint density at radius 1 is 1.30 bits per heavy atom. The van der Waals surface area contributed by atoms with Crippen LogP contribution in [-0.2, 0) is 6.54 Å². The van der Waals surface area contributed by atoms with Crippen molar-refractivity contribution in [3.8, 4) is 5.75 Å². The van der Waals surface area contributed by atoms with E-state index < -0.39 is 0 Å². The predicted molar refractivity (Wildman–Crippen MR) is 109 cm³/mol. The molecule has 0 aliphatic rings. The van der Waals surface area contributed by atoms with Gasteiger partial charge in [-0.25, -0.2) is 0 Å². The molecule has 132 valence electrons. The number of nitrogens with one attached hydrogen (secondary N) is 2. The number of likely N-dealkylation sites (N-methyl/N-ethyl adjacent to an activating group) is 1. The average Bonchev–Trinajstić information content (AvgIpc) is 2.51. The summed E-state index contributed by atoms with van der Waals surface area (Å²) in [5.74, 6) is 1.71. The molecule has 0 spiro atoms. The van der Waals surface area contributed by atoms with Crippen LogP contribution < -0.4 is 15.4 Å². The van der Waals surface area contributed by atoms with Crippen molar-refractivity contribution in [2.24, 2.45) is 4.99 Å². The fourth-order valence-electron chi connectivity index (χ4n) is 2.01. The number of aryl methyl sites for hydroxylation is 1. The van der Waals surface area contributed by atoms with Crippen molar-refractivity contribution in [3.05, 3.63) is 29.3 Å². The van der Waals surface area contributed by atoms with Crippen LogP contribution in [0.25, 0.3) is 0 Å². The molecule has 23 heavy (non-hydrogen) atoms. The fraction of sp³-hybridized carbons (Fsp3) is 0.588. The smallest absolute Gasteiger partial charge is 0.191 e. The Labute approximate surface area is 157 Å². The van der Waals surface area contributed by atoms with Crippen LogP contribution in [0.15, 0.2) is 23.2 Å². The Balaban J connectivity index is 0.00000484. The Hall–Kier alpha value is -1.02. The third-order valence-corrected chi connectivity index (χ3v) is 3.75. The van der Waals surface area contributed by atoms with E-state index in [4.69, 9.17) is 4.74 Å². The van der Waals surface area contributed by atoms with E-state index in [-0.39, 0.29) is 24.0 Å². The first-order valence-corrected chi connectivity index (χ1v) is 7.76. The standard InChI is InChI=1S/C17H30N4O.HI/c1-13(2)21(5)10-9-19-17(18-4)20-12-15-8-7-14(3)11-16(15)22-6;/h7-8,11,13H,9-10,12H2,1-6H3,(H2,18,19,20);1H. The van der Waals surface area contributed by atoms with Crippen LogP contribution in [0, 0.1) is 6.92 Å². The molecule has 0 radical (unpaired) electrons. The molecule has 0 saturated carbocycles. The zero-order valence-electron chi connectivity index (χ0n) is 15.1. The van der Waals surface area contributed by atoms with Crippen molar-refractivity contribution in [2.45, 2.75) is 33.4 Å². The third kappa shape index (κ3) is 7.87. The normalized spacial score (nSPS) is 11.4. The monoisotopic (exact) mass is 434 g/mol. The summed E-state index contributed by atoms with van der Waals surface area (Å²) in [6.07, 6.45) is 0. The van der Waals surface area contributed by atoms with E-state index in [1.807, 2.05) is 6.07 Å². The zero-order valence-corrected chi connectivity index (χ0v) is 17.5. The molecule has 0 aliphatic carbocycles. The molecule has 0 fully saturated rings. The molecule has 5 nitrogen and oxygen atoms in total. The van der Waals surface area contributed by atoms with Gasteiger partial charge in [0.1, 0.15) is 5.75 Å². The maximum Gasteiger partial charge on any atom is 0.191 e. The minimum Gasteiger partial charge on any atom is -0.496 e. The van der Waals surface area contributed by atoms with Gasteiger partial charge in [-0.05, 0) is 39.4 Å². The van der Waals surface area contributed by atoms with E-state index in [1.54, 1.807) is 14.2 Å². The maximum atomic E-state index is 5.42. The van der Waals surface area contributed by atoms with Gasteiger partial charge in [0, 0.05) is 38.3 Å². The van der Waals surface area contributed by atoms with Crippen LogP contribution >= 0.6 is 24.0 Å². The summed E-state index contributed by atoms with van der Waals surface area (Å²) in [7, 11) is 5.61. The third-order valence-electron chi connectivity index (χ3n) is 3.75. The topological polar surface area (TPSA) is 48.9 Å². The van der Waals surface area contributed by atoms with Gasteiger partial charge in [-0.1, -0.05) is 12.1 Å². The van der Waals surface area contributed by atoms with Gasteiger partial charge >= 0.3 is 0 Å². The van der Waals surface area contributed by atoms with Crippen molar-refractivity contribution in [3.63, 3.8) is 0 Å². The van der Waals surface area contributed by atoms with E-state index in [2.05, 4.69) is 60.5 Å². The van der Waals surface area contributed by atoms with Gasteiger partial charge in [0.25, 0.3) is 0 Å². The van der Waals surface area contributed by atoms with E-state index in [0.29, 0.717) is 12.6 Å². The van der Waals surface area contributed by atoms with Crippen molar-refractivity contribution in [1.29, 1.82) is 0 Å². The Kier molecular flexibility index (Phi) is 11.0. The Morgan fingerprint density at radius 2 is 2.00 bits per heavy atom. The molecule has 1 rings (SSSR count). The molecule has 1 aromatic carbocycles. The van der Waals surface area contributed by atoms with Crippen LogP contribution in [0.2, 0.25) is 0 Å². The number of aliphatic imine (C=N–C) groups is 1. The van der Waals surface area contributed by atoms with Crippen molar-refractivity contribution >= 4 is 29.9 Å². The number of benzene rings is 1. The van der Waals surface area contributed by atoms with Gasteiger partial charge in [-0.15, -0.1) is 24.0 Å². The molecule has 2 N–H and O–H groups in total. The molecular weight excluding hydrogens is 403 g/mol. The lowest BCUT2D eigenvalue weighted by atomic mass is 10.1. The summed E-state index contributed by atoms with van der Waals surface area (Å²) in [5.41, 5.74) is 2.31. The van der Waals surface area contributed by atoms with E-state index in [1.165, 1.54) is 5.56 Å². The molecule has 0 saturated heterocycles. The predicted octanol–water partition coefficient (Wildman–Crippen LogP) is 2.63. The average molecular weight is 434 g/mol. The second-order valence-electron chi connectivity index (χ2n) is 5.74. The van der Waals surface area contributed by atoms with Gasteiger partial charge in [0.2, 0.25) is 0 Å². The first-order chi connectivity index (χ1) is 10.5. The molecule has 1 aromatic rings. The number of methoxy groups -OCH3 is 1. The molecular formula is C17H31IN4O. The number of guanidine groups is 1. The number of hydrogen-bond acceptors (Lipinski definition) is 3. The lowest BCUT2D eigenvalue weighted by Gasteiger charge is -2.21. The number of halogens is 1. The fourth-order valence-corrected chi connectivity index (χ4v) is 2.01. The largest absolute Gasteiger partial charge is 0.496 e. The van der Waals surface area contributed by atoms with Crippen molar-refractivity contribution in [2.75, 3.05) is 34.3 Å². The maximum absolute atomic E-state index is 5.42. The zero-order chi connectivity index (χ0) is 16.5. The highest BCUT2D eigenvalue weighted by Gasteiger charge is 2.06. The van der Waals surface area contributed by atoms with Crippen LogP contribution in [-0.4, -0.2) is 51.2 Å². The highest BCUT2D eigenvalue weighted by atomic mass is 127. The molecule has 0 unspecified atom stereocenters. The first kappa shape index (κ1) is 22.0. The van der Waals surface area contributed by atoms with Crippen molar-refractivity contribution < 1.29 is 4.74 Å².